The minimum atomic E-state index is -3.47. The smallest absolute Gasteiger partial charge is 0.260 e. The first-order valence-corrected chi connectivity index (χ1v) is 13.9. The van der Waals surface area contributed by atoms with Crippen molar-refractivity contribution in [2.75, 3.05) is 19.8 Å². The number of piperidine rings is 1. The van der Waals surface area contributed by atoms with E-state index in [1.165, 1.54) is 0 Å². The molecule has 5 rings (SSSR count). The Balaban J connectivity index is 1.63. The van der Waals surface area contributed by atoms with Crippen molar-refractivity contribution < 1.29 is 22.7 Å². The zero-order valence-electron chi connectivity index (χ0n) is 19.7. The van der Waals surface area contributed by atoms with Crippen LogP contribution in [0.15, 0.2) is 12.1 Å². The van der Waals surface area contributed by atoms with Crippen molar-refractivity contribution in [3.8, 4) is 5.75 Å². The van der Waals surface area contributed by atoms with E-state index in [1.807, 2.05) is 19.1 Å². The first kappa shape index (κ1) is 24.8. The monoisotopic (exact) mass is 498 g/mol. The number of nitrogens with zero attached hydrogens (tertiary/aromatic N) is 1. The summed E-state index contributed by atoms with van der Waals surface area (Å²) < 4.78 is 40.5. The Kier molecular flexibility index (Phi) is 7.58. The van der Waals surface area contributed by atoms with Gasteiger partial charge in [-0.25, -0.2) is 13.1 Å². The molecule has 1 aromatic carbocycles. The lowest BCUT2D eigenvalue weighted by Crippen LogP contribution is -2.60. The Labute approximate surface area is 202 Å². The van der Waals surface area contributed by atoms with E-state index in [-0.39, 0.29) is 30.7 Å². The van der Waals surface area contributed by atoms with Crippen molar-refractivity contribution in [2.24, 2.45) is 0 Å². The molecule has 184 valence electrons. The lowest BCUT2D eigenvalue weighted by atomic mass is 9.80. The highest BCUT2D eigenvalue weighted by molar-refractivity contribution is 7.90. The summed E-state index contributed by atoms with van der Waals surface area (Å²) in [5, 5.41) is 0.173. The van der Waals surface area contributed by atoms with Gasteiger partial charge in [-0.05, 0) is 82.9 Å². The molecule has 2 atom stereocenters. The van der Waals surface area contributed by atoms with Crippen LogP contribution in [-0.4, -0.2) is 62.4 Å². The van der Waals surface area contributed by atoms with Gasteiger partial charge in [0.1, 0.15) is 5.75 Å². The topological polar surface area (TPSA) is 84.9 Å². The molecule has 9 heteroatoms. The maximum Gasteiger partial charge on any atom is 0.260 e. The van der Waals surface area contributed by atoms with Gasteiger partial charge in [0.25, 0.3) is 5.91 Å². The Morgan fingerprint density at radius 2 is 1.88 bits per heavy atom. The molecule has 4 aliphatic rings. The van der Waals surface area contributed by atoms with Gasteiger partial charge in [0.2, 0.25) is 10.0 Å². The van der Waals surface area contributed by atoms with E-state index in [0.717, 1.165) is 49.0 Å². The molecule has 1 amide bonds. The van der Waals surface area contributed by atoms with E-state index in [1.54, 1.807) is 18.7 Å². The minimum Gasteiger partial charge on any atom is -0.483 e. The highest BCUT2D eigenvalue weighted by atomic mass is 35.5. The van der Waals surface area contributed by atoms with Crippen LogP contribution in [0, 0.1) is 6.92 Å². The van der Waals surface area contributed by atoms with Gasteiger partial charge in [-0.15, -0.1) is 0 Å². The van der Waals surface area contributed by atoms with E-state index >= 15 is 0 Å². The lowest BCUT2D eigenvalue weighted by Gasteiger charge is -2.42. The van der Waals surface area contributed by atoms with Gasteiger partial charge >= 0.3 is 0 Å². The Morgan fingerprint density at radius 3 is 2.58 bits per heavy atom. The second kappa shape index (κ2) is 10.1. The number of carbonyl (C=O) groups excluding carboxylic acids is 1. The van der Waals surface area contributed by atoms with Crippen LogP contribution in [0.1, 0.15) is 69.4 Å². The number of hydrogen-bond donors (Lipinski definition) is 1. The quantitative estimate of drug-likeness (QED) is 0.685. The molecule has 33 heavy (non-hydrogen) atoms. The molecular formula is C24H35ClN2O5S. The minimum absolute atomic E-state index is 0.0929. The van der Waals surface area contributed by atoms with Gasteiger partial charge in [-0.3, -0.25) is 4.79 Å². The predicted octanol–water partition coefficient (Wildman–Crippen LogP) is 3.77. The molecule has 0 radical (unpaired) electrons. The van der Waals surface area contributed by atoms with Gasteiger partial charge in [-0.2, -0.15) is 0 Å². The SMILES string of the molecule is Cc1c(Cl)ccc2c1C1CCC(CC1)OCC1[C@@H](NS(=O)(=O)C(C)C)CCCN1C(=O)CO2. The fraction of sp³-hybridized carbons (Fsp3) is 0.708. The van der Waals surface area contributed by atoms with Crippen LogP contribution in [0.2, 0.25) is 5.02 Å². The van der Waals surface area contributed by atoms with Gasteiger partial charge in [0.05, 0.1) is 24.0 Å². The van der Waals surface area contributed by atoms with Crippen LogP contribution >= 0.6 is 11.6 Å². The molecule has 1 saturated heterocycles. The van der Waals surface area contributed by atoms with Crippen LogP contribution in [0.25, 0.3) is 0 Å². The van der Waals surface area contributed by atoms with Crippen molar-refractivity contribution in [3.63, 3.8) is 0 Å². The van der Waals surface area contributed by atoms with Crippen molar-refractivity contribution in [2.45, 2.75) is 88.7 Å². The zero-order valence-corrected chi connectivity index (χ0v) is 21.3. The third kappa shape index (κ3) is 5.34. The maximum absolute atomic E-state index is 13.3. The summed E-state index contributed by atoms with van der Waals surface area (Å²) in [6.45, 7) is 6.13. The van der Waals surface area contributed by atoms with Crippen molar-refractivity contribution in [1.82, 2.24) is 9.62 Å². The van der Waals surface area contributed by atoms with Gasteiger partial charge in [0, 0.05) is 23.2 Å². The molecule has 3 heterocycles. The number of amides is 1. The molecule has 0 aromatic heterocycles. The van der Waals surface area contributed by atoms with Crippen LogP contribution in [0.5, 0.6) is 5.75 Å². The molecule has 1 saturated carbocycles. The predicted molar refractivity (Wildman–Crippen MR) is 128 cm³/mol. The molecule has 1 N–H and O–H groups in total. The van der Waals surface area contributed by atoms with Crippen LogP contribution in [0.4, 0.5) is 0 Å². The molecule has 1 aliphatic carbocycles. The number of carbonyl (C=O) groups is 1. The first-order valence-electron chi connectivity index (χ1n) is 12.0. The van der Waals surface area contributed by atoms with Gasteiger partial charge in [-0.1, -0.05) is 11.6 Å². The number of nitrogens with one attached hydrogen (secondary N) is 1. The second-order valence-electron chi connectivity index (χ2n) is 9.79. The van der Waals surface area contributed by atoms with E-state index in [0.29, 0.717) is 30.5 Å². The third-order valence-corrected chi connectivity index (χ3v) is 9.66. The van der Waals surface area contributed by atoms with Gasteiger partial charge < -0.3 is 14.4 Å². The molecular weight excluding hydrogens is 464 g/mol. The van der Waals surface area contributed by atoms with E-state index in [4.69, 9.17) is 21.1 Å². The molecule has 1 aromatic rings. The summed E-state index contributed by atoms with van der Waals surface area (Å²) in [4.78, 5) is 15.0. The molecule has 7 nitrogen and oxygen atoms in total. The van der Waals surface area contributed by atoms with E-state index < -0.39 is 15.3 Å². The number of hydrogen-bond acceptors (Lipinski definition) is 5. The average Bonchev–Trinajstić information content (AvgIpc) is 2.80. The van der Waals surface area contributed by atoms with Crippen LogP contribution < -0.4 is 9.46 Å². The van der Waals surface area contributed by atoms with E-state index in [2.05, 4.69) is 4.72 Å². The highest BCUT2D eigenvalue weighted by Gasteiger charge is 2.39. The van der Waals surface area contributed by atoms with Crippen LogP contribution in [0.3, 0.4) is 0 Å². The number of benzene rings is 1. The molecule has 3 aliphatic heterocycles. The number of sulfonamides is 1. The second-order valence-corrected chi connectivity index (χ2v) is 12.5. The standard InChI is InChI=1S/C24H35ClN2O5S/c1-15(2)33(29,30)26-20-5-4-12-27-21(20)13-31-18-8-6-17(7-9-18)24-16(3)19(25)10-11-22(24)32-14-23(27)28/h10-11,15,17-18,20-21,26H,4-9,12-14H2,1-3H3/t17?,18?,20-,21?/m0/s1. The Bertz CT molecular complexity index is 975. The summed E-state index contributed by atoms with van der Waals surface area (Å²) in [7, 11) is -3.47. The normalized spacial score (nSPS) is 28.9. The Hall–Kier alpha value is -1.35. The van der Waals surface area contributed by atoms with Gasteiger partial charge in [0.15, 0.2) is 6.61 Å². The maximum atomic E-state index is 13.3. The number of rotatable bonds is 3. The third-order valence-electron chi connectivity index (χ3n) is 7.38. The first-order chi connectivity index (χ1) is 15.7. The molecule has 0 spiro atoms. The number of ether oxygens (including phenoxy) is 2. The highest BCUT2D eigenvalue weighted by Crippen LogP contribution is 2.42. The van der Waals surface area contributed by atoms with Crippen molar-refractivity contribution in [3.05, 3.63) is 28.3 Å². The van der Waals surface area contributed by atoms with Crippen molar-refractivity contribution in [1.29, 1.82) is 0 Å². The largest absolute Gasteiger partial charge is 0.483 e. The summed E-state index contributed by atoms with van der Waals surface area (Å²) in [6, 6.07) is 2.97. The lowest BCUT2D eigenvalue weighted by molar-refractivity contribution is -0.140. The van der Waals surface area contributed by atoms with Crippen molar-refractivity contribution >= 4 is 27.5 Å². The van der Waals surface area contributed by atoms with E-state index in [9.17, 15) is 13.2 Å². The molecule has 2 fully saturated rings. The summed E-state index contributed by atoms with van der Waals surface area (Å²) in [5.74, 6) is 0.893. The summed E-state index contributed by atoms with van der Waals surface area (Å²) in [5.41, 5.74) is 2.12. The molecule has 1 unspecified atom stereocenters. The fourth-order valence-corrected chi connectivity index (χ4v) is 6.48. The average molecular weight is 499 g/mol. The summed E-state index contributed by atoms with van der Waals surface area (Å²) in [6.07, 6.45) is 5.27. The zero-order chi connectivity index (χ0) is 23.8. The van der Waals surface area contributed by atoms with Crippen LogP contribution in [-0.2, 0) is 19.6 Å². The number of halogens is 1. The number of fused-ring (bicyclic) bond motifs is 5. The Morgan fingerprint density at radius 1 is 1.15 bits per heavy atom. The fourth-order valence-electron chi connectivity index (χ4n) is 5.34. The summed E-state index contributed by atoms with van der Waals surface area (Å²) >= 11 is 6.43. The molecule has 2 bridgehead atoms.